The predicted molar refractivity (Wildman–Crippen MR) is 77.8 cm³/mol. The summed E-state index contributed by atoms with van der Waals surface area (Å²) in [6.45, 7) is -0.139. The zero-order valence-electron chi connectivity index (χ0n) is 11.5. The van der Waals surface area contributed by atoms with Gasteiger partial charge in [0.15, 0.2) is 17.3 Å². The minimum Gasteiger partial charge on any atom is -0.504 e. The Balaban J connectivity index is 2.04. The molecule has 0 aliphatic carbocycles. The number of hydrogen-bond acceptors (Lipinski definition) is 4. The van der Waals surface area contributed by atoms with Crippen LogP contribution in [-0.4, -0.2) is 30.5 Å². The maximum Gasteiger partial charge on any atom is 0.255 e. The van der Waals surface area contributed by atoms with E-state index >= 15 is 0 Å². The summed E-state index contributed by atoms with van der Waals surface area (Å²) in [6, 6.07) is 13.3. The van der Waals surface area contributed by atoms with Crippen LogP contribution in [0.2, 0.25) is 0 Å². The van der Waals surface area contributed by atoms with Crippen molar-refractivity contribution < 1.29 is 19.4 Å². The molecule has 2 rings (SSSR count). The van der Waals surface area contributed by atoms with Gasteiger partial charge in [0, 0.05) is 5.56 Å². The molecular weight excluding hydrogens is 270 g/mol. The maximum absolute atomic E-state index is 12.0. The minimum atomic E-state index is -0.532. The Kier molecular flexibility index (Phi) is 4.56. The molecule has 1 amide bonds. The fourth-order valence-corrected chi connectivity index (χ4v) is 1.85. The van der Waals surface area contributed by atoms with Gasteiger partial charge in [0.2, 0.25) is 0 Å². The molecule has 0 bridgehead atoms. The van der Waals surface area contributed by atoms with Gasteiger partial charge in [0.25, 0.3) is 5.91 Å². The van der Waals surface area contributed by atoms with Crippen LogP contribution in [0.1, 0.15) is 20.7 Å². The summed E-state index contributed by atoms with van der Waals surface area (Å²) in [5, 5.41) is 12.4. The highest BCUT2D eigenvalue weighted by Gasteiger charge is 2.15. The summed E-state index contributed by atoms with van der Waals surface area (Å²) in [5.41, 5.74) is 0.586. The van der Waals surface area contributed by atoms with E-state index in [0.29, 0.717) is 5.56 Å². The zero-order chi connectivity index (χ0) is 15.2. The van der Waals surface area contributed by atoms with Crippen LogP contribution in [0.15, 0.2) is 48.5 Å². The highest BCUT2D eigenvalue weighted by molar-refractivity contribution is 6.03. The lowest BCUT2D eigenvalue weighted by Gasteiger charge is -2.09. The van der Waals surface area contributed by atoms with E-state index in [1.807, 2.05) is 6.07 Å². The normalized spacial score (nSPS) is 9.95. The first-order chi connectivity index (χ1) is 10.1. The van der Waals surface area contributed by atoms with E-state index in [1.165, 1.54) is 13.2 Å². The second-order valence-electron chi connectivity index (χ2n) is 4.33. The topological polar surface area (TPSA) is 75.6 Å². The number of carbonyl (C=O) groups is 2. The smallest absolute Gasteiger partial charge is 0.255 e. The van der Waals surface area contributed by atoms with Crippen molar-refractivity contribution in [2.24, 2.45) is 0 Å². The number of para-hydroxylation sites is 1. The number of phenols is 1. The van der Waals surface area contributed by atoms with Gasteiger partial charge in [-0.1, -0.05) is 36.4 Å². The highest BCUT2D eigenvalue weighted by atomic mass is 16.5. The van der Waals surface area contributed by atoms with Crippen LogP contribution in [0.25, 0.3) is 0 Å². The second-order valence-corrected chi connectivity index (χ2v) is 4.33. The number of methoxy groups -OCH3 is 1. The third kappa shape index (κ3) is 3.39. The molecule has 5 nitrogen and oxygen atoms in total. The molecule has 0 atom stereocenters. The first-order valence-electron chi connectivity index (χ1n) is 6.36. The summed E-state index contributed by atoms with van der Waals surface area (Å²) in [4.78, 5) is 23.9. The lowest BCUT2D eigenvalue weighted by Crippen LogP contribution is -2.29. The number of aromatic hydroxyl groups is 1. The van der Waals surface area contributed by atoms with Gasteiger partial charge in [0.05, 0.1) is 19.2 Å². The number of Topliss-reactive ketones (excluding diaryl/α,β-unsaturated/α-hetero) is 1. The molecule has 0 aliphatic heterocycles. The monoisotopic (exact) mass is 285 g/mol. The molecule has 2 aromatic rings. The van der Waals surface area contributed by atoms with E-state index in [9.17, 15) is 14.7 Å². The van der Waals surface area contributed by atoms with E-state index in [1.54, 1.807) is 36.4 Å². The molecule has 108 valence electrons. The molecule has 0 saturated carbocycles. The number of nitrogens with one attached hydrogen (secondary N) is 1. The van der Waals surface area contributed by atoms with Crippen molar-refractivity contribution in [3.63, 3.8) is 0 Å². The lowest BCUT2D eigenvalue weighted by molar-refractivity contribution is 0.0902. The average molecular weight is 285 g/mol. The summed E-state index contributed by atoms with van der Waals surface area (Å²) < 4.78 is 4.93. The fraction of sp³-hybridized carbons (Fsp3) is 0.125. The third-order valence-corrected chi connectivity index (χ3v) is 2.97. The Bertz CT molecular complexity index is 653. The van der Waals surface area contributed by atoms with Crippen LogP contribution in [0.3, 0.4) is 0 Å². The molecule has 0 saturated heterocycles. The summed E-state index contributed by atoms with van der Waals surface area (Å²) in [5.74, 6) is -0.774. The van der Waals surface area contributed by atoms with Gasteiger partial charge in [-0.3, -0.25) is 9.59 Å². The Labute approximate surface area is 122 Å². The predicted octanol–water partition coefficient (Wildman–Crippen LogP) is 2.01. The third-order valence-electron chi connectivity index (χ3n) is 2.97. The molecule has 0 heterocycles. The van der Waals surface area contributed by atoms with Gasteiger partial charge in [-0.15, -0.1) is 0 Å². The van der Waals surface area contributed by atoms with Gasteiger partial charge < -0.3 is 15.2 Å². The first kappa shape index (κ1) is 14.6. The molecule has 0 aromatic heterocycles. The summed E-state index contributed by atoms with van der Waals surface area (Å²) in [7, 11) is 1.40. The Morgan fingerprint density at radius 1 is 1.10 bits per heavy atom. The van der Waals surface area contributed by atoms with Crippen molar-refractivity contribution in [2.45, 2.75) is 0 Å². The zero-order valence-corrected chi connectivity index (χ0v) is 11.5. The number of hydrogen-bond donors (Lipinski definition) is 2. The first-order valence-corrected chi connectivity index (χ1v) is 6.36. The number of ether oxygens (including phenoxy) is 1. The Hall–Kier alpha value is -2.82. The Morgan fingerprint density at radius 3 is 2.48 bits per heavy atom. The SMILES string of the molecule is COc1cccc(C(=O)NCC(=O)c2ccccc2)c1O. The van der Waals surface area contributed by atoms with Crippen LogP contribution in [0.4, 0.5) is 0 Å². The van der Waals surface area contributed by atoms with Gasteiger partial charge in [-0.05, 0) is 12.1 Å². The van der Waals surface area contributed by atoms with Gasteiger partial charge in [-0.2, -0.15) is 0 Å². The van der Waals surface area contributed by atoms with Crippen molar-refractivity contribution in [2.75, 3.05) is 13.7 Å². The molecule has 21 heavy (non-hydrogen) atoms. The number of benzene rings is 2. The van der Waals surface area contributed by atoms with Gasteiger partial charge >= 0.3 is 0 Å². The van der Waals surface area contributed by atoms with Crippen LogP contribution < -0.4 is 10.1 Å². The number of carbonyl (C=O) groups excluding carboxylic acids is 2. The maximum atomic E-state index is 12.0. The quantitative estimate of drug-likeness (QED) is 0.824. The van der Waals surface area contributed by atoms with Crippen molar-refractivity contribution in [3.05, 3.63) is 59.7 Å². The minimum absolute atomic E-state index is 0.0650. The van der Waals surface area contributed by atoms with Crippen molar-refractivity contribution in [1.82, 2.24) is 5.32 Å². The van der Waals surface area contributed by atoms with Crippen LogP contribution in [0, 0.1) is 0 Å². The molecular formula is C16H15NO4. The van der Waals surface area contributed by atoms with Crippen LogP contribution in [0.5, 0.6) is 11.5 Å². The largest absolute Gasteiger partial charge is 0.504 e. The fourth-order valence-electron chi connectivity index (χ4n) is 1.85. The molecule has 0 fully saturated rings. The molecule has 2 aromatic carbocycles. The summed E-state index contributed by atoms with van der Waals surface area (Å²) >= 11 is 0. The molecule has 2 N–H and O–H groups in total. The van der Waals surface area contributed by atoms with E-state index in [2.05, 4.69) is 5.32 Å². The number of ketones is 1. The average Bonchev–Trinajstić information content (AvgIpc) is 2.53. The second kappa shape index (κ2) is 6.56. The molecule has 5 heteroatoms. The number of rotatable bonds is 5. The van der Waals surface area contributed by atoms with Crippen LogP contribution >= 0.6 is 0 Å². The lowest BCUT2D eigenvalue weighted by atomic mass is 10.1. The van der Waals surface area contributed by atoms with E-state index in [0.717, 1.165) is 0 Å². The standard InChI is InChI=1S/C16H15NO4/c1-21-14-9-5-8-12(15(14)19)16(20)17-10-13(18)11-6-3-2-4-7-11/h2-9,19H,10H2,1H3,(H,17,20). The van der Waals surface area contributed by atoms with E-state index in [4.69, 9.17) is 4.74 Å². The highest BCUT2D eigenvalue weighted by Crippen LogP contribution is 2.29. The molecule has 0 spiro atoms. The number of phenolic OH excluding ortho intramolecular Hbond substituents is 1. The van der Waals surface area contributed by atoms with Crippen molar-refractivity contribution in [1.29, 1.82) is 0 Å². The van der Waals surface area contributed by atoms with Gasteiger partial charge in [0.1, 0.15) is 0 Å². The van der Waals surface area contributed by atoms with Crippen LogP contribution in [-0.2, 0) is 0 Å². The van der Waals surface area contributed by atoms with Crippen molar-refractivity contribution >= 4 is 11.7 Å². The molecule has 0 radical (unpaired) electrons. The van der Waals surface area contributed by atoms with E-state index in [-0.39, 0.29) is 29.4 Å². The van der Waals surface area contributed by atoms with Gasteiger partial charge in [-0.25, -0.2) is 0 Å². The Morgan fingerprint density at radius 2 is 1.81 bits per heavy atom. The molecule has 0 unspecified atom stereocenters. The van der Waals surface area contributed by atoms with Crippen molar-refractivity contribution in [3.8, 4) is 11.5 Å². The van der Waals surface area contributed by atoms with E-state index < -0.39 is 5.91 Å². The molecule has 0 aliphatic rings. The summed E-state index contributed by atoms with van der Waals surface area (Å²) in [6.07, 6.45) is 0. The number of amides is 1.